The number of cyclic esters (lactones) is 2. The van der Waals surface area contributed by atoms with Gasteiger partial charge in [-0.25, -0.2) is 14.6 Å². The molecule has 5 fully saturated rings. The van der Waals surface area contributed by atoms with Crippen molar-refractivity contribution >= 4 is 87.8 Å². The zero-order chi connectivity index (χ0) is 78.1. The zero-order valence-corrected chi connectivity index (χ0v) is 64.5. The minimum Gasteiger partial charge on any atom is -0.784 e. The zero-order valence-electron chi connectivity index (χ0n) is 64.5. The van der Waals surface area contributed by atoms with Crippen molar-refractivity contribution in [3.63, 3.8) is 0 Å². The van der Waals surface area contributed by atoms with Crippen LogP contribution in [0.25, 0.3) is 22.6 Å². The van der Waals surface area contributed by atoms with Gasteiger partial charge in [-0.1, -0.05) is 61.5 Å². The van der Waals surface area contributed by atoms with E-state index in [1.807, 2.05) is 27.7 Å². The number of piperidine rings is 1. The van der Waals surface area contributed by atoms with Gasteiger partial charge in [0.1, 0.15) is 71.8 Å². The maximum atomic E-state index is 16.0. The number of aryl methyl sites for hydroxylation is 1. The lowest BCUT2D eigenvalue weighted by Crippen LogP contribution is -2.61. The number of benzene rings is 2. The second-order valence-electron chi connectivity index (χ2n) is 31.8. The van der Waals surface area contributed by atoms with Crippen LogP contribution in [0.3, 0.4) is 0 Å². The number of aromatic nitrogens is 1. The van der Waals surface area contributed by atoms with E-state index in [2.05, 4.69) is 31.9 Å². The number of hydrogen-bond acceptors (Lipinski definition) is 21. The van der Waals surface area contributed by atoms with Crippen molar-refractivity contribution in [1.29, 1.82) is 0 Å². The molecule has 6 heterocycles. The molecule has 1 aromatic rings. The second kappa shape index (κ2) is 32.9. The summed E-state index contributed by atoms with van der Waals surface area (Å²) in [7, 11) is 5.62. The Hall–Kier alpha value is -8.84. The fourth-order valence-electron chi connectivity index (χ4n) is 15.4. The summed E-state index contributed by atoms with van der Waals surface area (Å²) in [6.45, 7) is 26.5. The van der Waals surface area contributed by atoms with Crippen molar-refractivity contribution in [3.05, 3.63) is 49.8 Å². The van der Waals surface area contributed by atoms with Crippen LogP contribution in [-0.2, 0) is 57.4 Å². The van der Waals surface area contributed by atoms with Crippen molar-refractivity contribution < 1.29 is 71.4 Å². The molecule has 578 valence electrons. The number of nitrogens with zero attached hydrogens (tertiary/aromatic N) is 8. The van der Waals surface area contributed by atoms with E-state index >= 15 is 24.0 Å². The van der Waals surface area contributed by atoms with Gasteiger partial charge in [-0.3, -0.25) is 52.7 Å². The summed E-state index contributed by atoms with van der Waals surface area (Å²) in [4.78, 5) is 204. The van der Waals surface area contributed by atoms with Gasteiger partial charge in [0.05, 0.1) is 29.9 Å². The summed E-state index contributed by atoms with van der Waals surface area (Å²) in [5.41, 5.74) is -3.56. The van der Waals surface area contributed by atoms with E-state index < -0.39 is 190 Å². The van der Waals surface area contributed by atoms with E-state index in [0.717, 1.165) is 14.9 Å². The van der Waals surface area contributed by atoms with Gasteiger partial charge in [-0.05, 0) is 142 Å². The Kier molecular flexibility index (Phi) is 25.6. The molecule has 31 heteroatoms. The van der Waals surface area contributed by atoms with E-state index in [4.69, 9.17) is 18.9 Å². The molecule has 0 spiro atoms. The van der Waals surface area contributed by atoms with Crippen molar-refractivity contribution in [2.24, 2.45) is 23.7 Å². The standard InChI is InChI=1S/C74H109N14O17/c1-36(2)51-69(98)86-30-21-24-46(86)67(96)82(17)34-48(89)84(19)58(38(5)6)71(100)103-42(11)53(65(94)78-51)80-63(92)45-27-26-40(9)61-55(45)77-57-50(56(60(91)41(10)62(57)105-61)76-29-23-28-75-44-32-73(13,14)88(102)74(15,16)33-44)64(93)81-54-43(12)104-72(101)59(39(7)8)85(20)49(90)35-83(18)68(97)47-25-22-31-87(47)70(99)52(37(3)4)79-66(54)95/h26-27,36-39,42-44,46-47,51-54,58-59,75-76H,21-25,28-35H2,1-20H3,(H,78,94)(H,79,95)(H,80,92)(H,81,93)/q-1/t42-,43-,46+,47+,51-,52-,53+,54+,58+,59+/m1/s1. The van der Waals surface area contributed by atoms with Crippen LogP contribution >= 0.6 is 0 Å². The first-order chi connectivity index (χ1) is 49.0. The molecule has 8 rings (SSSR count). The van der Waals surface area contributed by atoms with Crippen LogP contribution in [0.1, 0.15) is 174 Å². The molecule has 10 atom stereocenters. The fraction of sp³-hybridized carbons (Fsp3) is 0.676. The molecule has 0 radical (unpaired) electrons. The number of ether oxygens (including phenoxy) is 2. The molecule has 6 aliphatic heterocycles. The van der Waals surface area contributed by atoms with E-state index in [9.17, 15) is 43.6 Å². The number of fused-ring (bicyclic) bond motifs is 4. The molecule has 10 amide bonds. The van der Waals surface area contributed by atoms with Gasteiger partial charge < -0.3 is 85.5 Å². The molecule has 5 saturated heterocycles. The molecule has 0 unspecified atom stereocenters. The van der Waals surface area contributed by atoms with Crippen LogP contribution in [0.2, 0.25) is 0 Å². The van der Waals surface area contributed by atoms with Crippen molar-refractivity contribution in [1.82, 2.24) is 66.0 Å². The van der Waals surface area contributed by atoms with Gasteiger partial charge in [0.15, 0.2) is 11.3 Å². The highest BCUT2D eigenvalue weighted by Gasteiger charge is 2.48. The number of carbonyl (C=O) groups excluding carboxylic acids is 12. The third-order valence-electron chi connectivity index (χ3n) is 21.2. The van der Waals surface area contributed by atoms with E-state index in [1.54, 1.807) is 62.3 Å². The largest absolute Gasteiger partial charge is 0.784 e. The molecule has 0 saturated carbocycles. The van der Waals surface area contributed by atoms with Crippen molar-refractivity contribution in [2.45, 2.75) is 233 Å². The summed E-state index contributed by atoms with van der Waals surface area (Å²) in [5.74, 6) is -12.3. The van der Waals surface area contributed by atoms with E-state index in [-0.39, 0.29) is 77.9 Å². The van der Waals surface area contributed by atoms with Crippen molar-refractivity contribution in [2.75, 3.05) is 72.8 Å². The lowest BCUT2D eigenvalue weighted by atomic mass is 9.79. The van der Waals surface area contributed by atoms with Gasteiger partial charge in [-0.2, -0.15) is 0 Å². The highest BCUT2D eigenvalue weighted by atomic mass is 16.6. The third kappa shape index (κ3) is 17.4. The number of anilines is 1. The highest BCUT2D eigenvalue weighted by molar-refractivity contribution is 6.11. The third-order valence-corrected chi connectivity index (χ3v) is 21.2. The Balaban J connectivity index is 1.26. The average molecular weight is 1470 g/mol. The lowest BCUT2D eigenvalue weighted by Gasteiger charge is -2.60. The van der Waals surface area contributed by atoms with Crippen LogP contribution < -0.4 is 37.3 Å². The predicted molar refractivity (Wildman–Crippen MR) is 389 cm³/mol. The Morgan fingerprint density at radius 2 is 1.08 bits per heavy atom. The van der Waals surface area contributed by atoms with Crippen LogP contribution in [0.15, 0.2) is 21.3 Å². The topological polar surface area (TPSA) is 384 Å². The molecule has 6 N–H and O–H groups in total. The van der Waals surface area contributed by atoms with Crippen LogP contribution in [-0.4, -0.2) is 256 Å². The number of amides is 10. The van der Waals surface area contributed by atoms with Crippen molar-refractivity contribution in [3.8, 4) is 11.5 Å². The summed E-state index contributed by atoms with van der Waals surface area (Å²) in [5, 5.41) is 32.1. The summed E-state index contributed by atoms with van der Waals surface area (Å²) in [6.07, 6.45) is -0.323. The lowest BCUT2D eigenvalue weighted by molar-refractivity contribution is -0.163. The number of carbonyl (C=O) groups is 12. The molecule has 31 nitrogen and oxygen atoms in total. The summed E-state index contributed by atoms with van der Waals surface area (Å²) >= 11 is 0. The number of hydrogen-bond donors (Lipinski definition) is 6. The average Bonchev–Trinajstić information content (AvgIpc) is 1.16. The maximum Gasteiger partial charge on any atom is 0.329 e. The first-order valence-corrected chi connectivity index (χ1v) is 36.6. The fourth-order valence-corrected chi connectivity index (χ4v) is 15.4. The van der Waals surface area contributed by atoms with Gasteiger partial charge in [-0.15, -0.1) is 0 Å². The van der Waals surface area contributed by atoms with Crippen LogP contribution in [0.5, 0.6) is 0 Å². The number of rotatable bonds is 14. The minimum atomic E-state index is -1.91. The molecule has 1 aliphatic carbocycles. The summed E-state index contributed by atoms with van der Waals surface area (Å²) in [6, 6.07) is -8.06. The number of esters is 2. The van der Waals surface area contributed by atoms with E-state index in [0.29, 0.717) is 44.2 Å². The first-order valence-electron chi connectivity index (χ1n) is 36.6. The van der Waals surface area contributed by atoms with Crippen LogP contribution in [0.4, 0.5) is 5.69 Å². The van der Waals surface area contributed by atoms with Crippen LogP contribution in [0, 0.1) is 42.7 Å². The van der Waals surface area contributed by atoms with Gasteiger partial charge >= 0.3 is 11.9 Å². The molecule has 0 bridgehead atoms. The highest BCUT2D eigenvalue weighted by Crippen LogP contribution is 2.39. The molecule has 105 heavy (non-hydrogen) atoms. The monoisotopic (exact) mass is 1470 g/mol. The normalized spacial score (nSPS) is 26.4. The minimum absolute atomic E-state index is 0.0287. The Morgan fingerprint density at radius 1 is 0.629 bits per heavy atom. The van der Waals surface area contributed by atoms with E-state index in [1.165, 1.54) is 80.7 Å². The smallest absolute Gasteiger partial charge is 0.329 e. The molecular weight excluding hydrogens is 1360 g/mol. The van der Waals surface area contributed by atoms with Gasteiger partial charge in [0.25, 0.3) is 11.8 Å². The maximum absolute atomic E-state index is 16.0. The Bertz CT molecular complexity index is 3870. The number of nitrogens with one attached hydrogen (secondary N) is 6. The van der Waals surface area contributed by atoms with Gasteiger partial charge in [0, 0.05) is 70.5 Å². The number of hydroxylamine groups is 2. The quantitative estimate of drug-likeness (QED) is 0.0767. The second-order valence-corrected chi connectivity index (χ2v) is 31.8. The Labute approximate surface area is 613 Å². The van der Waals surface area contributed by atoms with Gasteiger partial charge in [0.2, 0.25) is 52.7 Å². The molecular formula is C74H109N14O17-. The first kappa shape index (κ1) is 81.8. The number of likely N-dealkylation sites (N-methyl/N-ethyl adjacent to an activating group) is 4. The summed E-state index contributed by atoms with van der Waals surface area (Å²) < 4.78 is 18.8. The predicted octanol–water partition coefficient (Wildman–Crippen LogP) is 3.05. The molecule has 7 aliphatic rings. The Morgan fingerprint density at radius 3 is 1.51 bits per heavy atom. The molecule has 1 aromatic carbocycles. The molecule has 0 aromatic heterocycles. The SMILES string of the molecule is Cc1c2oc3c(C)ccc(C(=O)N[C@@H]4C(=O)N[C@H](C(C)C)C(=O)N5CCC[C@H]5C(=O)N(C)CC(=O)N(C)[C@@H](C(C)C)C(=O)O[C@@H]4C)c3nc-2c(C(=O)N[C@@H]2C(=O)N[C@H](C(C)C)C(=O)N3CCC[C@H]3C(=O)N(C)CC(=O)N(C)[C@@H](C(C)C)C(=O)O[C@@H]2C)c(NCCCNC2CC(C)(C)N([O-])C(C)(C)C2)c1=O.